The van der Waals surface area contributed by atoms with Crippen LogP contribution in [-0.2, 0) is 11.3 Å². The van der Waals surface area contributed by atoms with E-state index in [0.29, 0.717) is 12.4 Å². The Hall–Kier alpha value is -2.94. The van der Waals surface area contributed by atoms with E-state index in [1.54, 1.807) is 34.3 Å². The molecule has 0 saturated heterocycles. The number of aromatic nitrogens is 2. The van der Waals surface area contributed by atoms with Crippen molar-refractivity contribution >= 4 is 23.1 Å². The van der Waals surface area contributed by atoms with Gasteiger partial charge >= 0.3 is 6.61 Å². The molecule has 2 aromatic heterocycles. The first-order chi connectivity index (χ1) is 13.5. The van der Waals surface area contributed by atoms with Crippen LogP contribution in [0.2, 0.25) is 0 Å². The number of anilines is 1. The van der Waals surface area contributed by atoms with E-state index in [4.69, 9.17) is 4.74 Å². The van der Waals surface area contributed by atoms with Gasteiger partial charge in [0.15, 0.2) is 11.5 Å². The van der Waals surface area contributed by atoms with E-state index in [1.807, 2.05) is 17.5 Å². The van der Waals surface area contributed by atoms with Gasteiger partial charge in [-0.05, 0) is 29.1 Å². The molecule has 0 bridgehead atoms. The average Bonchev–Trinajstić information content (AvgIpc) is 3.32. The molecule has 6 nitrogen and oxygen atoms in total. The second-order valence-electron chi connectivity index (χ2n) is 6.28. The van der Waals surface area contributed by atoms with E-state index in [1.165, 1.54) is 13.2 Å². The fourth-order valence-corrected chi connectivity index (χ4v) is 4.02. The Labute approximate surface area is 163 Å². The fourth-order valence-electron chi connectivity index (χ4n) is 3.33. The zero-order valence-corrected chi connectivity index (χ0v) is 15.7. The lowest BCUT2D eigenvalue weighted by Gasteiger charge is -2.24. The minimum atomic E-state index is -2.94. The quantitative estimate of drug-likeness (QED) is 0.671. The first-order valence-corrected chi connectivity index (χ1v) is 9.44. The maximum atomic E-state index is 12.6. The number of thiophene rings is 1. The van der Waals surface area contributed by atoms with Crippen molar-refractivity contribution in [2.24, 2.45) is 0 Å². The Bertz CT molecular complexity index is 988. The van der Waals surface area contributed by atoms with Gasteiger partial charge in [-0.1, -0.05) is 12.1 Å². The summed E-state index contributed by atoms with van der Waals surface area (Å²) in [4.78, 5) is 13.4. The summed E-state index contributed by atoms with van der Waals surface area (Å²) >= 11 is 1.62. The van der Waals surface area contributed by atoms with Gasteiger partial charge in [0.1, 0.15) is 5.82 Å². The van der Waals surface area contributed by atoms with Gasteiger partial charge in [0.25, 0.3) is 0 Å². The predicted molar refractivity (Wildman–Crippen MR) is 100 cm³/mol. The van der Waals surface area contributed by atoms with Crippen LogP contribution < -0.4 is 14.8 Å². The number of nitrogens with zero attached hydrogens (tertiary/aromatic N) is 2. The van der Waals surface area contributed by atoms with Crippen LogP contribution in [-0.4, -0.2) is 29.4 Å². The van der Waals surface area contributed by atoms with Crippen molar-refractivity contribution in [2.75, 3.05) is 12.4 Å². The van der Waals surface area contributed by atoms with Crippen molar-refractivity contribution < 1.29 is 23.0 Å². The molecule has 0 radical (unpaired) electrons. The molecule has 1 aliphatic heterocycles. The van der Waals surface area contributed by atoms with Gasteiger partial charge in [-0.3, -0.25) is 4.79 Å². The number of benzene rings is 1. The summed E-state index contributed by atoms with van der Waals surface area (Å²) in [5.74, 6) is 0.417. The molecule has 0 unspecified atom stereocenters. The van der Waals surface area contributed by atoms with Gasteiger partial charge in [-0.15, -0.1) is 11.3 Å². The van der Waals surface area contributed by atoms with Crippen LogP contribution in [0, 0.1) is 0 Å². The average molecular weight is 405 g/mol. The highest BCUT2D eigenvalue weighted by molar-refractivity contribution is 7.09. The second-order valence-corrected chi connectivity index (χ2v) is 7.31. The second kappa shape index (κ2) is 7.59. The van der Waals surface area contributed by atoms with Crippen molar-refractivity contribution in [3.05, 3.63) is 57.9 Å². The number of fused-ring (bicyclic) bond motifs is 1. The van der Waals surface area contributed by atoms with E-state index < -0.39 is 6.61 Å². The molecule has 3 aromatic rings. The summed E-state index contributed by atoms with van der Waals surface area (Å²) < 4.78 is 36.5. The van der Waals surface area contributed by atoms with Gasteiger partial charge in [-0.2, -0.15) is 13.9 Å². The topological polar surface area (TPSA) is 65.4 Å². The first-order valence-electron chi connectivity index (χ1n) is 8.56. The number of methoxy groups -OCH3 is 1. The van der Waals surface area contributed by atoms with E-state index in [9.17, 15) is 13.6 Å². The summed E-state index contributed by atoms with van der Waals surface area (Å²) in [5.41, 5.74) is 1.64. The lowest BCUT2D eigenvalue weighted by Crippen LogP contribution is -2.25. The largest absolute Gasteiger partial charge is 0.493 e. The minimum absolute atomic E-state index is 0.0462. The van der Waals surface area contributed by atoms with Crippen molar-refractivity contribution in [3.63, 3.8) is 0 Å². The number of ether oxygens (including phenoxy) is 2. The summed E-state index contributed by atoms with van der Waals surface area (Å²) in [6.07, 6.45) is 1.97. The molecule has 28 heavy (non-hydrogen) atoms. The molecule has 1 aliphatic rings. The maximum Gasteiger partial charge on any atom is 0.387 e. The summed E-state index contributed by atoms with van der Waals surface area (Å²) in [6, 6.07) is 8.70. The molecule has 0 spiro atoms. The molecule has 0 aliphatic carbocycles. The summed E-state index contributed by atoms with van der Waals surface area (Å²) in [5, 5.41) is 9.32. The number of hydrogen-bond donors (Lipinski definition) is 1. The van der Waals surface area contributed by atoms with Crippen LogP contribution in [0.25, 0.3) is 0 Å². The normalized spacial score (nSPS) is 16.0. The van der Waals surface area contributed by atoms with E-state index in [2.05, 4.69) is 15.2 Å². The van der Waals surface area contributed by atoms with Crippen LogP contribution in [0.4, 0.5) is 14.6 Å². The van der Waals surface area contributed by atoms with Crippen molar-refractivity contribution in [2.45, 2.75) is 25.5 Å². The standard InChI is InChI=1S/C19H17F2N3O3S/c1-26-16-7-11(4-5-15(16)27-19(20)21)13-8-17(25)23-18-14(13)9-22-24(18)10-12-3-2-6-28-12/h2-7,9,13,19H,8,10H2,1H3,(H,23,25)/t13-/m0/s1. The van der Waals surface area contributed by atoms with Gasteiger partial charge in [0.05, 0.1) is 19.9 Å². The Morgan fingerprint density at radius 3 is 2.93 bits per heavy atom. The third-order valence-electron chi connectivity index (χ3n) is 4.58. The van der Waals surface area contributed by atoms with Gasteiger partial charge in [-0.25, -0.2) is 4.68 Å². The van der Waals surface area contributed by atoms with Gasteiger partial charge in [0, 0.05) is 22.8 Å². The van der Waals surface area contributed by atoms with E-state index in [-0.39, 0.29) is 29.7 Å². The van der Waals surface area contributed by atoms with Crippen LogP contribution in [0.5, 0.6) is 11.5 Å². The number of rotatable bonds is 6. The first kappa shape index (κ1) is 18.4. The molecule has 9 heteroatoms. The third-order valence-corrected chi connectivity index (χ3v) is 5.44. The molecule has 3 heterocycles. The lowest BCUT2D eigenvalue weighted by molar-refractivity contribution is -0.116. The van der Waals surface area contributed by atoms with Gasteiger partial charge in [0.2, 0.25) is 5.91 Å². The maximum absolute atomic E-state index is 12.6. The Kier molecular flexibility index (Phi) is 4.99. The molecule has 1 N–H and O–H groups in total. The minimum Gasteiger partial charge on any atom is -0.493 e. The fraction of sp³-hybridized carbons (Fsp3) is 0.263. The Morgan fingerprint density at radius 2 is 2.21 bits per heavy atom. The lowest BCUT2D eigenvalue weighted by atomic mass is 9.87. The van der Waals surface area contributed by atoms with Gasteiger partial charge < -0.3 is 14.8 Å². The molecule has 0 fully saturated rings. The molecule has 1 atom stereocenters. The highest BCUT2D eigenvalue weighted by Crippen LogP contribution is 2.40. The molecular formula is C19H17F2N3O3S. The molecule has 4 rings (SSSR count). The number of amides is 1. The Balaban J connectivity index is 1.68. The summed E-state index contributed by atoms with van der Waals surface area (Å²) in [6.45, 7) is -2.38. The molecule has 1 aromatic carbocycles. The molecule has 0 saturated carbocycles. The smallest absolute Gasteiger partial charge is 0.387 e. The molecular weight excluding hydrogens is 388 g/mol. The van der Waals surface area contributed by atoms with Crippen LogP contribution in [0.3, 0.4) is 0 Å². The Morgan fingerprint density at radius 1 is 1.36 bits per heavy atom. The van der Waals surface area contributed by atoms with Crippen molar-refractivity contribution in [3.8, 4) is 11.5 Å². The number of carbonyl (C=O) groups is 1. The monoisotopic (exact) mass is 405 g/mol. The van der Waals surface area contributed by atoms with E-state index >= 15 is 0 Å². The van der Waals surface area contributed by atoms with Crippen LogP contribution >= 0.6 is 11.3 Å². The van der Waals surface area contributed by atoms with Crippen LogP contribution in [0.1, 0.15) is 28.3 Å². The van der Waals surface area contributed by atoms with E-state index in [0.717, 1.165) is 16.0 Å². The number of alkyl halides is 2. The SMILES string of the molecule is COc1cc([C@@H]2CC(=O)Nc3c2cnn3Cc2cccs2)ccc1OC(F)F. The van der Waals surface area contributed by atoms with Crippen LogP contribution in [0.15, 0.2) is 41.9 Å². The molecule has 1 amide bonds. The number of carbonyl (C=O) groups excluding carboxylic acids is 1. The summed E-state index contributed by atoms with van der Waals surface area (Å²) in [7, 11) is 1.38. The third kappa shape index (κ3) is 3.57. The number of halogens is 2. The number of nitrogens with one attached hydrogen (secondary N) is 1. The zero-order valence-electron chi connectivity index (χ0n) is 14.9. The highest BCUT2D eigenvalue weighted by Gasteiger charge is 2.30. The zero-order chi connectivity index (χ0) is 19.7. The van der Waals surface area contributed by atoms with Crippen molar-refractivity contribution in [1.82, 2.24) is 9.78 Å². The molecule has 146 valence electrons. The predicted octanol–water partition coefficient (Wildman–Crippen LogP) is 4.08. The highest BCUT2D eigenvalue weighted by atomic mass is 32.1. The number of hydrogen-bond acceptors (Lipinski definition) is 5. The van der Waals surface area contributed by atoms with Crippen molar-refractivity contribution in [1.29, 1.82) is 0 Å².